The first-order chi connectivity index (χ1) is 12.6. The van der Waals surface area contributed by atoms with Crippen molar-refractivity contribution in [1.29, 1.82) is 0 Å². The molecule has 0 bridgehead atoms. The van der Waals surface area contributed by atoms with Crippen LogP contribution < -0.4 is 5.32 Å². The summed E-state index contributed by atoms with van der Waals surface area (Å²) in [5.41, 5.74) is 2.18. The number of amides is 1. The van der Waals surface area contributed by atoms with Crippen molar-refractivity contribution in [3.05, 3.63) is 72.7 Å². The molecule has 0 unspecified atom stereocenters. The fourth-order valence-corrected chi connectivity index (χ4v) is 3.02. The van der Waals surface area contributed by atoms with Crippen molar-refractivity contribution in [2.24, 2.45) is 7.05 Å². The molecule has 2 aromatic carbocycles. The summed E-state index contributed by atoms with van der Waals surface area (Å²) in [6, 6.07) is 18.2. The number of para-hydroxylation sites is 1. The van der Waals surface area contributed by atoms with E-state index in [1.165, 1.54) is 6.07 Å². The molecule has 0 atom stereocenters. The summed E-state index contributed by atoms with van der Waals surface area (Å²) in [7, 11) is 1.77. The van der Waals surface area contributed by atoms with E-state index in [1.54, 1.807) is 34.6 Å². The second-order valence-electron chi connectivity index (χ2n) is 6.07. The third-order valence-electron chi connectivity index (χ3n) is 4.27. The molecule has 1 N–H and O–H groups in total. The van der Waals surface area contributed by atoms with Crippen molar-refractivity contribution in [2.45, 2.75) is 6.54 Å². The fraction of sp³-hybridized carbons (Fsp3) is 0.100. The molecular weight excluding hydrogens is 331 g/mol. The van der Waals surface area contributed by atoms with Crippen LogP contribution >= 0.6 is 0 Å². The Bertz CT molecular complexity index is 1080. The van der Waals surface area contributed by atoms with Gasteiger partial charge in [-0.15, -0.1) is 0 Å². The molecule has 0 saturated carbocycles. The molecule has 0 aliphatic rings. The first-order valence-corrected chi connectivity index (χ1v) is 8.24. The summed E-state index contributed by atoms with van der Waals surface area (Å²) in [6.45, 7) is 0.0241. The van der Waals surface area contributed by atoms with Crippen LogP contribution in [0.15, 0.2) is 66.9 Å². The van der Waals surface area contributed by atoms with E-state index in [0.717, 1.165) is 16.6 Å². The Morgan fingerprint density at radius 1 is 1.12 bits per heavy atom. The van der Waals surface area contributed by atoms with Gasteiger partial charge in [-0.3, -0.25) is 9.48 Å². The van der Waals surface area contributed by atoms with Gasteiger partial charge < -0.3 is 9.88 Å². The minimum absolute atomic E-state index is 0.0241. The lowest BCUT2D eigenvalue weighted by molar-refractivity contribution is -0.116. The number of hydrogen-bond acceptors (Lipinski definition) is 2. The highest BCUT2D eigenvalue weighted by atomic mass is 19.1. The second-order valence-corrected chi connectivity index (χ2v) is 6.07. The molecule has 0 fully saturated rings. The lowest BCUT2D eigenvalue weighted by atomic mass is 10.2. The van der Waals surface area contributed by atoms with Crippen LogP contribution in [0.1, 0.15) is 0 Å². The number of hydrogen-bond donors (Lipinski definition) is 1. The third-order valence-corrected chi connectivity index (χ3v) is 4.27. The van der Waals surface area contributed by atoms with Crippen molar-refractivity contribution in [1.82, 2.24) is 14.3 Å². The van der Waals surface area contributed by atoms with E-state index >= 15 is 0 Å². The van der Waals surface area contributed by atoms with Gasteiger partial charge in [0.1, 0.15) is 18.2 Å². The number of rotatable bonds is 4. The van der Waals surface area contributed by atoms with Gasteiger partial charge in [0.2, 0.25) is 5.91 Å². The Hall–Kier alpha value is -3.41. The van der Waals surface area contributed by atoms with Crippen LogP contribution in [0, 0.1) is 5.82 Å². The highest BCUT2D eigenvalue weighted by Gasteiger charge is 2.13. The molecule has 1 amide bonds. The molecule has 2 heterocycles. The summed E-state index contributed by atoms with van der Waals surface area (Å²) < 4.78 is 17.3. The second kappa shape index (κ2) is 6.48. The van der Waals surface area contributed by atoms with E-state index in [4.69, 9.17) is 0 Å². The first kappa shape index (κ1) is 16.1. The fourth-order valence-electron chi connectivity index (χ4n) is 3.02. The van der Waals surface area contributed by atoms with Gasteiger partial charge in [-0.1, -0.05) is 42.5 Å². The van der Waals surface area contributed by atoms with Gasteiger partial charge in [-0.2, -0.15) is 5.10 Å². The van der Waals surface area contributed by atoms with Crippen molar-refractivity contribution >= 4 is 22.6 Å². The summed E-state index contributed by atoms with van der Waals surface area (Å²) in [4.78, 5) is 12.4. The predicted molar refractivity (Wildman–Crippen MR) is 99.2 cm³/mol. The summed E-state index contributed by atoms with van der Waals surface area (Å²) in [5.74, 6) is 0.00588. The number of fused-ring (bicyclic) bond motifs is 1. The molecule has 130 valence electrons. The van der Waals surface area contributed by atoms with Crippen LogP contribution in [0.25, 0.3) is 22.2 Å². The predicted octanol–water partition coefficient (Wildman–Crippen LogP) is 3.82. The molecule has 4 rings (SSSR count). The van der Waals surface area contributed by atoms with E-state index in [0.29, 0.717) is 11.3 Å². The van der Waals surface area contributed by atoms with E-state index in [1.807, 2.05) is 42.5 Å². The first-order valence-electron chi connectivity index (χ1n) is 8.24. The zero-order valence-electron chi connectivity index (χ0n) is 14.2. The maximum Gasteiger partial charge on any atom is 0.245 e. The van der Waals surface area contributed by atoms with Crippen molar-refractivity contribution in [3.8, 4) is 11.3 Å². The molecular formula is C20H17FN4O. The number of nitrogens with zero attached hydrogens (tertiary/aromatic N) is 3. The molecule has 2 aromatic heterocycles. The summed E-state index contributed by atoms with van der Waals surface area (Å²) in [6.07, 6.45) is 1.71. The Morgan fingerprint density at radius 2 is 1.92 bits per heavy atom. The summed E-state index contributed by atoms with van der Waals surface area (Å²) >= 11 is 0. The van der Waals surface area contributed by atoms with Gasteiger partial charge in [0, 0.05) is 30.3 Å². The average Bonchev–Trinajstić information content (AvgIpc) is 3.21. The minimum Gasteiger partial charge on any atom is -0.336 e. The van der Waals surface area contributed by atoms with Crippen molar-refractivity contribution in [3.63, 3.8) is 0 Å². The number of aromatic nitrogens is 3. The molecule has 0 radical (unpaired) electrons. The largest absolute Gasteiger partial charge is 0.336 e. The molecule has 6 heteroatoms. The quantitative estimate of drug-likeness (QED) is 0.609. The third kappa shape index (κ3) is 2.97. The molecule has 0 aliphatic carbocycles. The van der Waals surface area contributed by atoms with E-state index in [-0.39, 0.29) is 18.3 Å². The van der Waals surface area contributed by atoms with Crippen LogP contribution in [0.3, 0.4) is 0 Å². The Labute approximate surface area is 149 Å². The topological polar surface area (TPSA) is 51.9 Å². The lowest BCUT2D eigenvalue weighted by Gasteiger charge is -2.07. The Kier molecular flexibility index (Phi) is 4.01. The van der Waals surface area contributed by atoms with E-state index in [9.17, 15) is 9.18 Å². The van der Waals surface area contributed by atoms with Crippen LogP contribution in [-0.2, 0) is 18.4 Å². The Morgan fingerprint density at radius 3 is 2.73 bits per heavy atom. The number of aryl methyl sites for hydroxylation is 1. The van der Waals surface area contributed by atoms with Gasteiger partial charge in [0.05, 0.1) is 11.2 Å². The molecule has 0 aliphatic heterocycles. The van der Waals surface area contributed by atoms with Gasteiger partial charge in [-0.25, -0.2) is 4.39 Å². The highest BCUT2D eigenvalue weighted by Crippen LogP contribution is 2.22. The van der Waals surface area contributed by atoms with Crippen molar-refractivity contribution < 1.29 is 9.18 Å². The monoisotopic (exact) mass is 348 g/mol. The average molecular weight is 348 g/mol. The van der Waals surface area contributed by atoms with Gasteiger partial charge in [0.25, 0.3) is 0 Å². The number of nitrogens with one attached hydrogen (secondary N) is 1. The molecule has 5 nitrogen and oxygen atoms in total. The normalized spacial score (nSPS) is 11.0. The van der Waals surface area contributed by atoms with Crippen molar-refractivity contribution in [2.75, 3.05) is 5.32 Å². The van der Waals surface area contributed by atoms with Gasteiger partial charge in [-0.05, 0) is 12.1 Å². The maximum atomic E-state index is 14.0. The smallest absolute Gasteiger partial charge is 0.245 e. The SMILES string of the molecule is Cn1nc(-c2ccccc2)cc1NC(=O)Cn1ccc2cccc(F)c21. The van der Waals surface area contributed by atoms with Gasteiger partial charge >= 0.3 is 0 Å². The number of carbonyl (C=O) groups excluding carboxylic acids is 1. The van der Waals surface area contributed by atoms with Gasteiger partial charge in [0.15, 0.2) is 0 Å². The highest BCUT2D eigenvalue weighted by molar-refractivity contribution is 5.92. The number of anilines is 1. The van der Waals surface area contributed by atoms with E-state index < -0.39 is 0 Å². The minimum atomic E-state index is -0.341. The Balaban J connectivity index is 1.54. The zero-order valence-corrected chi connectivity index (χ0v) is 14.2. The van der Waals surface area contributed by atoms with Crippen LogP contribution in [0.2, 0.25) is 0 Å². The number of halogens is 1. The number of benzene rings is 2. The zero-order chi connectivity index (χ0) is 18.1. The maximum absolute atomic E-state index is 14.0. The molecule has 4 aromatic rings. The van der Waals surface area contributed by atoms with Crippen LogP contribution in [0.4, 0.5) is 10.2 Å². The standard InChI is InChI=1S/C20H17FN4O/c1-24-18(12-17(23-24)14-6-3-2-4-7-14)22-19(26)13-25-11-10-15-8-5-9-16(21)20(15)25/h2-12H,13H2,1H3,(H,22,26). The number of carbonyl (C=O) groups is 1. The molecule has 26 heavy (non-hydrogen) atoms. The van der Waals surface area contributed by atoms with Crippen LogP contribution in [-0.4, -0.2) is 20.3 Å². The molecule has 0 saturated heterocycles. The molecule has 0 spiro atoms. The van der Waals surface area contributed by atoms with E-state index in [2.05, 4.69) is 10.4 Å². The van der Waals surface area contributed by atoms with Crippen LogP contribution in [0.5, 0.6) is 0 Å². The lowest BCUT2D eigenvalue weighted by Crippen LogP contribution is -2.20. The summed E-state index contributed by atoms with van der Waals surface area (Å²) in [5, 5.41) is 8.04.